The van der Waals surface area contributed by atoms with Gasteiger partial charge in [-0.25, -0.2) is 12.8 Å². The number of carbonyl (C=O) groups excluding carboxylic acids is 1. The molecular formula is C16H23FN2O3S. The van der Waals surface area contributed by atoms with Crippen LogP contribution >= 0.6 is 0 Å². The fourth-order valence-electron chi connectivity index (χ4n) is 2.91. The zero-order valence-corrected chi connectivity index (χ0v) is 14.5. The molecule has 1 aromatic carbocycles. The van der Waals surface area contributed by atoms with Gasteiger partial charge >= 0.3 is 0 Å². The summed E-state index contributed by atoms with van der Waals surface area (Å²) in [5, 5.41) is 0. The van der Waals surface area contributed by atoms with Crippen LogP contribution in [-0.2, 0) is 14.8 Å². The molecule has 1 aliphatic heterocycles. The van der Waals surface area contributed by atoms with Gasteiger partial charge in [-0.1, -0.05) is 13.0 Å². The van der Waals surface area contributed by atoms with Gasteiger partial charge in [-0.2, -0.15) is 0 Å². The van der Waals surface area contributed by atoms with Crippen LogP contribution in [-0.4, -0.2) is 44.6 Å². The zero-order chi connectivity index (χ0) is 17.2. The summed E-state index contributed by atoms with van der Waals surface area (Å²) in [6, 6.07) is 4.39. The van der Waals surface area contributed by atoms with Gasteiger partial charge in [-0.3, -0.25) is 9.10 Å². The summed E-state index contributed by atoms with van der Waals surface area (Å²) in [6.45, 7) is 4.95. The molecule has 0 spiro atoms. The molecule has 0 bridgehead atoms. The van der Waals surface area contributed by atoms with Gasteiger partial charge in [0.25, 0.3) is 0 Å². The highest BCUT2D eigenvalue weighted by Crippen LogP contribution is 2.24. The van der Waals surface area contributed by atoms with Crippen molar-refractivity contribution in [2.75, 3.05) is 23.7 Å². The van der Waals surface area contributed by atoms with Crippen LogP contribution in [0.25, 0.3) is 0 Å². The molecule has 23 heavy (non-hydrogen) atoms. The third-order valence-electron chi connectivity index (χ3n) is 4.22. The van der Waals surface area contributed by atoms with Crippen LogP contribution in [0, 0.1) is 11.7 Å². The fraction of sp³-hybridized carbons (Fsp3) is 0.562. The summed E-state index contributed by atoms with van der Waals surface area (Å²) < 4.78 is 38.8. The number of hydrogen-bond acceptors (Lipinski definition) is 3. The predicted octanol–water partition coefficient (Wildman–Crippen LogP) is 2.24. The Labute approximate surface area is 137 Å². The van der Waals surface area contributed by atoms with Crippen molar-refractivity contribution < 1.29 is 17.6 Å². The molecule has 1 aromatic rings. The molecule has 0 aliphatic carbocycles. The molecule has 0 unspecified atom stereocenters. The van der Waals surface area contributed by atoms with Gasteiger partial charge in [0.2, 0.25) is 15.9 Å². The van der Waals surface area contributed by atoms with Crippen LogP contribution in [0.4, 0.5) is 10.1 Å². The van der Waals surface area contributed by atoms with E-state index in [0.717, 1.165) is 29.5 Å². The molecular weight excluding hydrogens is 319 g/mol. The second kappa shape index (κ2) is 6.86. The van der Waals surface area contributed by atoms with E-state index in [9.17, 15) is 17.6 Å². The summed E-state index contributed by atoms with van der Waals surface area (Å²) in [6.07, 6.45) is 2.86. The Kier molecular flexibility index (Phi) is 5.29. The van der Waals surface area contributed by atoms with Crippen LogP contribution in [0.1, 0.15) is 26.7 Å². The molecule has 0 radical (unpaired) electrons. The van der Waals surface area contributed by atoms with Crippen molar-refractivity contribution in [1.29, 1.82) is 0 Å². The lowest BCUT2D eigenvalue weighted by atomic mass is 9.99. The van der Waals surface area contributed by atoms with Gasteiger partial charge in [0.1, 0.15) is 11.9 Å². The van der Waals surface area contributed by atoms with E-state index in [2.05, 4.69) is 6.92 Å². The van der Waals surface area contributed by atoms with E-state index in [-0.39, 0.29) is 11.6 Å². The average Bonchev–Trinajstić information content (AvgIpc) is 2.46. The average molecular weight is 342 g/mol. The van der Waals surface area contributed by atoms with Crippen molar-refractivity contribution in [3.63, 3.8) is 0 Å². The number of piperidine rings is 1. The minimum absolute atomic E-state index is 0.165. The molecule has 5 nitrogen and oxygen atoms in total. The minimum Gasteiger partial charge on any atom is -0.341 e. The number of benzene rings is 1. The van der Waals surface area contributed by atoms with Crippen LogP contribution in [0.2, 0.25) is 0 Å². The number of likely N-dealkylation sites (tertiary alicyclic amines) is 1. The third kappa shape index (κ3) is 4.22. The van der Waals surface area contributed by atoms with Crippen molar-refractivity contribution in [3.8, 4) is 0 Å². The van der Waals surface area contributed by atoms with Gasteiger partial charge in [-0.05, 0) is 43.9 Å². The summed E-state index contributed by atoms with van der Waals surface area (Å²) in [5.41, 5.74) is 0.165. The number of hydrogen-bond donors (Lipinski definition) is 0. The Hall–Kier alpha value is -1.63. The highest BCUT2D eigenvalue weighted by molar-refractivity contribution is 7.92. The predicted molar refractivity (Wildman–Crippen MR) is 88.2 cm³/mol. The van der Waals surface area contributed by atoms with Crippen LogP contribution in [0.3, 0.4) is 0 Å². The molecule has 0 saturated carbocycles. The normalized spacial score (nSPS) is 17.8. The first kappa shape index (κ1) is 17.7. The number of anilines is 1. The molecule has 1 heterocycles. The maximum absolute atomic E-state index is 13.5. The maximum atomic E-state index is 13.5. The lowest BCUT2D eigenvalue weighted by Gasteiger charge is -2.35. The molecule has 1 fully saturated rings. The molecule has 128 valence electrons. The number of rotatable bonds is 4. The Bertz CT molecular complexity index is 670. The van der Waals surface area contributed by atoms with Crippen molar-refractivity contribution in [3.05, 3.63) is 30.1 Å². The lowest BCUT2D eigenvalue weighted by molar-refractivity contribution is -0.133. The highest BCUT2D eigenvalue weighted by atomic mass is 32.2. The van der Waals surface area contributed by atoms with Crippen LogP contribution in [0.5, 0.6) is 0 Å². The quantitative estimate of drug-likeness (QED) is 0.843. The summed E-state index contributed by atoms with van der Waals surface area (Å²) in [4.78, 5) is 14.4. The first-order valence-corrected chi connectivity index (χ1v) is 9.58. The molecule has 1 atom stereocenters. The summed E-state index contributed by atoms with van der Waals surface area (Å²) in [7, 11) is -3.71. The molecule has 1 amide bonds. The number of carbonyl (C=O) groups is 1. The van der Waals surface area contributed by atoms with E-state index < -0.39 is 21.9 Å². The first-order chi connectivity index (χ1) is 10.7. The SMILES string of the molecule is CC1CCN(C(=O)[C@H](C)N(c2cccc(F)c2)S(C)(=O)=O)CC1. The van der Waals surface area contributed by atoms with E-state index >= 15 is 0 Å². The molecule has 1 aliphatic rings. The second-order valence-electron chi connectivity index (χ2n) is 6.22. The van der Waals surface area contributed by atoms with Crippen LogP contribution < -0.4 is 4.31 Å². The highest BCUT2D eigenvalue weighted by Gasteiger charge is 2.33. The van der Waals surface area contributed by atoms with E-state index in [0.29, 0.717) is 19.0 Å². The smallest absolute Gasteiger partial charge is 0.246 e. The van der Waals surface area contributed by atoms with Gasteiger partial charge in [0.05, 0.1) is 11.9 Å². The summed E-state index contributed by atoms with van der Waals surface area (Å²) >= 11 is 0. The standard InChI is InChI=1S/C16H23FN2O3S/c1-12-7-9-18(10-8-12)16(20)13(2)19(23(3,21)22)15-6-4-5-14(17)11-15/h4-6,11-13H,7-10H2,1-3H3/t13-/m0/s1. The fourth-order valence-corrected chi connectivity index (χ4v) is 4.07. The molecule has 2 rings (SSSR count). The van der Waals surface area contributed by atoms with Crippen molar-refractivity contribution in [2.45, 2.75) is 32.7 Å². The van der Waals surface area contributed by atoms with E-state index in [1.165, 1.54) is 18.2 Å². The number of sulfonamides is 1. The van der Waals surface area contributed by atoms with E-state index in [1.807, 2.05) is 0 Å². The lowest BCUT2D eigenvalue weighted by Crippen LogP contribution is -2.51. The monoisotopic (exact) mass is 342 g/mol. The van der Waals surface area contributed by atoms with Crippen LogP contribution in [0.15, 0.2) is 24.3 Å². The topological polar surface area (TPSA) is 57.7 Å². The molecule has 1 saturated heterocycles. The Morgan fingerprint density at radius 1 is 1.35 bits per heavy atom. The van der Waals surface area contributed by atoms with Gasteiger partial charge in [-0.15, -0.1) is 0 Å². The Morgan fingerprint density at radius 2 is 1.96 bits per heavy atom. The summed E-state index contributed by atoms with van der Waals surface area (Å²) in [5.74, 6) is -0.210. The Balaban J connectivity index is 2.27. The zero-order valence-electron chi connectivity index (χ0n) is 13.7. The minimum atomic E-state index is -3.71. The molecule has 0 aromatic heterocycles. The van der Waals surface area contributed by atoms with Crippen molar-refractivity contribution in [2.24, 2.45) is 5.92 Å². The first-order valence-electron chi connectivity index (χ1n) is 7.74. The Morgan fingerprint density at radius 3 is 2.48 bits per heavy atom. The van der Waals surface area contributed by atoms with E-state index in [4.69, 9.17) is 0 Å². The number of nitrogens with zero attached hydrogens (tertiary/aromatic N) is 2. The van der Waals surface area contributed by atoms with Crippen molar-refractivity contribution in [1.82, 2.24) is 4.90 Å². The second-order valence-corrected chi connectivity index (χ2v) is 8.08. The molecule has 7 heteroatoms. The van der Waals surface area contributed by atoms with Gasteiger partial charge in [0.15, 0.2) is 0 Å². The maximum Gasteiger partial charge on any atom is 0.246 e. The molecule has 0 N–H and O–H groups in total. The third-order valence-corrected chi connectivity index (χ3v) is 5.47. The largest absolute Gasteiger partial charge is 0.341 e. The van der Waals surface area contributed by atoms with E-state index in [1.54, 1.807) is 11.8 Å². The number of amides is 1. The number of halogens is 1. The van der Waals surface area contributed by atoms with Gasteiger partial charge in [0, 0.05) is 13.1 Å². The van der Waals surface area contributed by atoms with Gasteiger partial charge < -0.3 is 4.90 Å². The van der Waals surface area contributed by atoms with Crippen molar-refractivity contribution >= 4 is 21.6 Å².